The van der Waals surface area contributed by atoms with Crippen molar-refractivity contribution in [3.63, 3.8) is 0 Å². The molecule has 0 amide bonds. The Balaban J connectivity index is 2.35. The van der Waals surface area contributed by atoms with Crippen molar-refractivity contribution >= 4 is 11.6 Å². The Morgan fingerprint density at radius 2 is 1.71 bits per heavy atom. The molecule has 96 valence electrons. The summed E-state index contributed by atoms with van der Waals surface area (Å²) in [5.41, 5.74) is 1.16. The number of rotatable bonds is 8. The lowest BCUT2D eigenvalue weighted by Crippen LogP contribution is -2.00. The number of benzene rings is 1. The highest BCUT2D eigenvalue weighted by Crippen LogP contribution is 2.24. The van der Waals surface area contributed by atoms with Crippen LogP contribution >= 0.6 is 11.6 Å². The highest BCUT2D eigenvalue weighted by atomic mass is 35.5. The van der Waals surface area contributed by atoms with Crippen LogP contribution in [0.1, 0.15) is 56.9 Å². The average Bonchev–Trinajstić information content (AvgIpc) is 2.35. The van der Waals surface area contributed by atoms with Crippen LogP contribution in [0.4, 0.5) is 4.39 Å². The summed E-state index contributed by atoms with van der Waals surface area (Å²) >= 11 is 5.99. The molecule has 0 N–H and O–H groups in total. The summed E-state index contributed by atoms with van der Waals surface area (Å²) in [7, 11) is 0. The molecule has 17 heavy (non-hydrogen) atoms. The summed E-state index contributed by atoms with van der Waals surface area (Å²) in [6, 6.07) is 6.75. The largest absolute Gasteiger partial charge is 0.207 e. The lowest BCUT2D eigenvalue weighted by Gasteiger charge is -2.14. The van der Waals surface area contributed by atoms with Crippen LogP contribution in [0.3, 0.4) is 0 Å². The topological polar surface area (TPSA) is 0 Å². The van der Waals surface area contributed by atoms with Gasteiger partial charge in [-0.05, 0) is 30.0 Å². The Morgan fingerprint density at radius 1 is 1.06 bits per heavy atom. The molecule has 0 bridgehead atoms. The summed E-state index contributed by atoms with van der Waals surface area (Å²) in [5, 5.41) is 0. The predicted molar refractivity (Wildman–Crippen MR) is 73.2 cm³/mol. The fraction of sp³-hybridized carbons (Fsp3) is 0.600. The van der Waals surface area contributed by atoms with Crippen molar-refractivity contribution < 1.29 is 4.39 Å². The summed E-state index contributed by atoms with van der Waals surface area (Å²) in [6.45, 7) is 2.22. The minimum absolute atomic E-state index is 0.176. The van der Waals surface area contributed by atoms with Crippen LogP contribution in [0, 0.1) is 5.82 Å². The molecule has 1 rings (SSSR count). The first-order chi connectivity index (χ1) is 8.27. The molecule has 0 radical (unpaired) electrons. The van der Waals surface area contributed by atoms with Gasteiger partial charge in [0.05, 0.1) is 0 Å². The molecule has 1 aromatic carbocycles. The van der Waals surface area contributed by atoms with Crippen LogP contribution in [0.2, 0.25) is 0 Å². The van der Waals surface area contributed by atoms with E-state index in [9.17, 15) is 4.39 Å². The van der Waals surface area contributed by atoms with Crippen molar-refractivity contribution in [2.45, 2.75) is 51.4 Å². The maximum absolute atomic E-state index is 12.8. The highest BCUT2D eigenvalue weighted by Gasteiger charge is 2.09. The molecule has 0 nitrogen and oxygen atoms in total. The summed E-state index contributed by atoms with van der Waals surface area (Å²) in [5.74, 6) is 0.822. The van der Waals surface area contributed by atoms with Gasteiger partial charge in [0.25, 0.3) is 0 Å². The minimum atomic E-state index is -0.176. The number of halogens is 2. The molecule has 1 aromatic rings. The molecule has 2 heteroatoms. The van der Waals surface area contributed by atoms with Gasteiger partial charge >= 0.3 is 0 Å². The zero-order valence-electron chi connectivity index (χ0n) is 10.6. The quantitative estimate of drug-likeness (QED) is 0.425. The predicted octanol–water partition coefficient (Wildman–Crippen LogP) is 5.51. The first kappa shape index (κ1) is 14.5. The second-order valence-electron chi connectivity index (χ2n) is 4.61. The van der Waals surface area contributed by atoms with Gasteiger partial charge in [0, 0.05) is 5.88 Å². The first-order valence-corrected chi connectivity index (χ1v) is 7.12. The Morgan fingerprint density at radius 3 is 2.29 bits per heavy atom. The molecule has 0 spiro atoms. The van der Waals surface area contributed by atoms with E-state index in [4.69, 9.17) is 11.6 Å². The maximum Gasteiger partial charge on any atom is 0.123 e. The Hall–Kier alpha value is -0.560. The lowest BCUT2D eigenvalue weighted by atomic mass is 9.94. The van der Waals surface area contributed by atoms with Crippen molar-refractivity contribution in [3.05, 3.63) is 35.6 Å². The third kappa shape index (κ3) is 5.54. The molecule has 0 aliphatic heterocycles. The molecule has 0 saturated carbocycles. The van der Waals surface area contributed by atoms with Gasteiger partial charge in [-0.15, -0.1) is 11.6 Å². The van der Waals surface area contributed by atoms with E-state index in [0.717, 1.165) is 12.0 Å². The Labute approximate surface area is 109 Å². The van der Waals surface area contributed by atoms with Gasteiger partial charge in [-0.3, -0.25) is 0 Å². The first-order valence-electron chi connectivity index (χ1n) is 6.59. The van der Waals surface area contributed by atoms with E-state index in [-0.39, 0.29) is 5.82 Å². The van der Waals surface area contributed by atoms with E-state index >= 15 is 0 Å². The normalized spacial score (nSPS) is 12.6. The molecular formula is C15H22ClF. The van der Waals surface area contributed by atoms with Gasteiger partial charge in [0.1, 0.15) is 5.82 Å². The average molecular weight is 257 g/mol. The van der Waals surface area contributed by atoms with E-state index in [2.05, 4.69) is 6.92 Å². The van der Waals surface area contributed by atoms with E-state index in [0.29, 0.717) is 11.8 Å². The van der Waals surface area contributed by atoms with Crippen LogP contribution in [0.5, 0.6) is 0 Å². The molecular weight excluding hydrogens is 235 g/mol. The van der Waals surface area contributed by atoms with E-state index in [1.165, 1.54) is 44.2 Å². The maximum atomic E-state index is 12.8. The van der Waals surface area contributed by atoms with Gasteiger partial charge in [0.15, 0.2) is 0 Å². The molecule has 1 atom stereocenters. The fourth-order valence-electron chi connectivity index (χ4n) is 2.06. The van der Waals surface area contributed by atoms with Crippen molar-refractivity contribution in [1.29, 1.82) is 0 Å². The summed E-state index contributed by atoms with van der Waals surface area (Å²) < 4.78 is 12.8. The van der Waals surface area contributed by atoms with Gasteiger partial charge in [-0.25, -0.2) is 4.39 Å². The van der Waals surface area contributed by atoms with Crippen LogP contribution < -0.4 is 0 Å². The zero-order valence-corrected chi connectivity index (χ0v) is 11.3. The van der Waals surface area contributed by atoms with Gasteiger partial charge in [-0.2, -0.15) is 0 Å². The van der Waals surface area contributed by atoms with E-state index in [1.807, 2.05) is 12.1 Å². The van der Waals surface area contributed by atoms with Crippen molar-refractivity contribution in [2.24, 2.45) is 0 Å². The van der Waals surface area contributed by atoms with Crippen LogP contribution in [-0.2, 0) is 0 Å². The number of hydrogen-bond donors (Lipinski definition) is 0. The zero-order chi connectivity index (χ0) is 12.5. The van der Waals surface area contributed by atoms with Gasteiger partial charge in [0.2, 0.25) is 0 Å². The highest BCUT2D eigenvalue weighted by molar-refractivity contribution is 6.18. The smallest absolute Gasteiger partial charge is 0.123 e. The van der Waals surface area contributed by atoms with E-state index < -0.39 is 0 Å². The SMILES string of the molecule is CCCCCCCC(CCl)c1ccc(F)cc1. The molecule has 1 unspecified atom stereocenters. The molecule has 0 aliphatic carbocycles. The van der Waals surface area contributed by atoms with Crippen molar-refractivity contribution in [1.82, 2.24) is 0 Å². The van der Waals surface area contributed by atoms with Crippen LogP contribution in [-0.4, -0.2) is 5.88 Å². The summed E-state index contributed by atoms with van der Waals surface area (Å²) in [6.07, 6.45) is 7.52. The Kier molecular flexibility index (Phi) is 7.27. The molecule has 0 heterocycles. The fourth-order valence-corrected chi connectivity index (χ4v) is 2.39. The summed E-state index contributed by atoms with van der Waals surface area (Å²) in [4.78, 5) is 0. The minimum Gasteiger partial charge on any atom is -0.207 e. The molecule has 0 aliphatic rings. The standard InChI is InChI=1S/C15H22ClF/c1-2-3-4-5-6-7-14(12-16)13-8-10-15(17)11-9-13/h8-11,14H,2-7,12H2,1H3. The van der Waals surface area contributed by atoms with Gasteiger partial charge in [-0.1, -0.05) is 51.2 Å². The third-order valence-electron chi connectivity index (χ3n) is 3.18. The number of unbranched alkanes of at least 4 members (excludes halogenated alkanes) is 4. The Bertz CT molecular complexity index is 294. The third-order valence-corrected chi connectivity index (χ3v) is 3.56. The van der Waals surface area contributed by atoms with Crippen LogP contribution in [0.25, 0.3) is 0 Å². The van der Waals surface area contributed by atoms with Crippen molar-refractivity contribution in [2.75, 3.05) is 5.88 Å². The lowest BCUT2D eigenvalue weighted by molar-refractivity contribution is 0.567. The molecule has 0 saturated heterocycles. The van der Waals surface area contributed by atoms with E-state index in [1.54, 1.807) is 0 Å². The molecule has 0 fully saturated rings. The van der Waals surface area contributed by atoms with Crippen molar-refractivity contribution in [3.8, 4) is 0 Å². The number of alkyl halides is 1. The second kappa shape index (κ2) is 8.52. The monoisotopic (exact) mass is 256 g/mol. The van der Waals surface area contributed by atoms with Gasteiger partial charge < -0.3 is 0 Å². The molecule has 0 aromatic heterocycles. The van der Waals surface area contributed by atoms with Crippen LogP contribution in [0.15, 0.2) is 24.3 Å². The second-order valence-corrected chi connectivity index (χ2v) is 4.91. The number of hydrogen-bond acceptors (Lipinski definition) is 0.